The largest absolute Gasteiger partial charge is 0.326 e. The fourth-order valence-corrected chi connectivity index (χ4v) is 2.68. The van der Waals surface area contributed by atoms with Gasteiger partial charge in [0.15, 0.2) is 5.65 Å². The summed E-state index contributed by atoms with van der Waals surface area (Å²) in [5, 5.41) is 4.11. The first-order valence-electron chi connectivity index (χ1n) is 7.53. The number of anilines is 2. The fraction of sp³-hybridized carbons (Fsp3) is 0. The van der Waals surface area contributed by atoms with Crippen LogP contribution in [-0.2, 0) is 0 Å². The molecule has 3 aromatic heterocycles. The van der Waals surface area contributed by atoms with Crippen LogP contribution in [-0.4, -0.2) is 19.9 Å². The Hall–Kier alpha value is -3.25. The highest BCUT2D eigenvalue weighted by atomic mass is 35.5. The number of rotatable bonds is 3. The van der Waals surface area contributed by atoms with Crippen LogP contribution in [0.15, 0.2) is 65.8 Å². The Morgan fingerprint density at radius 3 is 2.64 bits per heavy atom. The third-order valence-electron chi connectivity index (χ3n) is 3.69. The average molecular weight is 350 g/mol. The summed E-state index contributed by atoms with van der Waals surface area (Å²) in [4.78, 5) is 28.1. The normalized spacial score (nSPS) is 10.8. The Kier molecular flexibility index (Phi) is 3.87. The Morgan fingerprint density at radius 1 is 1.04 bits per heavy atom. The van der Waals surface area contributed by atoms with Crippen LogP contribution >= 0.6 is 11.6 Å². The molecule has 0 radical (unpaired) electrons. The molecule has 0 saturated carbocycles. The van der Waals surface area contributed by atoms with Crippen LogP contribution in [0.3, 0.4) is 0 Å². The van der Waals surface area contributed by atoms with E-state index in [0.717, 1.165) is 16.8 Å². The van der Waals surface area contributed by atoms with Gasteiger partial charge in [-0.05, 0) is 36.4 Å². The molecule has 122 valence electrons. The molecule has 0 bridgehead atoms. The summed E-state index contributed by atoms with van der Waals surface area (Å²) in [7, 11) is 0. The van der Waals surface area contributed by atoms with Gasteiger partial charge >= 0.3 is 0 Å². The smallest absolute Gasteiger partial charge is 0.262 e. The minimum atomic E-state index is -0.270. The van der Waals surface area contributed by atoms with Gasteiger partial charge in [0.1, 0.15) is 0 Å². The first-order chi connectivity index (χ1) is 12.2. The summed E-state index contributed by atoms with van der Waals surface area (Å²) in [5.41, 5.74) is 2.43. The minimum absolute atomic E-state index is 0.270. The zero-order valence-corrected chi connectivity index (χ0v) is 13.7. The standard InChI is InChI=1S/C18H12ClN5O/c19-12-3-5-13(6-4-12)22-18-23-16-15(17(25)24-18)14(7-9-21-16)11-2-1-8-20-10-11/h1-10H,(H2,21,22,23,24,25). The summed E-state index contributed by atoms with van der Waals surface area (Å²) in [5.74, 6) is 0.315. The van der Waals surface area contributed by atoms with Crippen molar-refractivity contribution in [3.63, 3.8) is 0 Å². The van der Waals surface area contributed by atoms with Gasteiger partial charge < -0.3 is 5.32 Å². The molecule has 0 amide bonds. The van der Waals surface area contributed by atoms with Gasteiger partial charge in [-0.2, -0.15) is 4.98 Å². The summed E-state index contributed by atoms with van der Waals surface area (Å²) >= 11 is 5.88. The maximum absolute atomic E-state index is 12.6. The molecular formula is C18H12ClN5O. The zero-order chi connectivity index (χ0) is 17.2. The van der Waals surface area contributed by atoms with Crippen LogP contribution in [0.5, 0.6) is 0 Å². The summed E-state index contributed by atoms with van der Waals surface area (Å²) in [6, 6.07) is 12.6. The van der Waals surface area contributed by atoms with Crippen molar-refractivity contribution < 1.29 is 0 Å². The van der Waals surface area contributed by atoms with Crippen molar-refractivity contribution in [2.75, 3.05) is 5.32 Å². The van der Waals surface area contributed by atoms with Crippen LogP contribution in [0.1, 0.15) is 0 Å². The predicted octanol–water partition coefficient (Wildman–Crippen LogP) is 3.78. The topological polar surface area (TPSA) is 83.6 Å². The van der Waals surface area contributed by atoms with E-state index in [4.69, 9.17) is 11.6 Å². The molecule has 3 heterocycles. The Balaban J connectivity index is 1.81. The molecule has 0 aliphatic carbocycles. The Labute approximate surface area is 147 Å². The highest BCUT2D eigenvalue weighted by molar-refractivity contribution is 6.30. The molecule has 6 nitrogen and oxygen atoms in total. The number of fused-ring (bicyclic) bond motifs is 1. The van der Waals surface area contributed by atoms with Crippen molar-refractivity contribution in [2.24, 2.45) is 0 Å². The molecule has 25 heavy (non-hydrogen) atoms. The van der Waals surface area contributed by atoms with E-state index in [9.17, 15) is 4.79 Å². The zero-order valence-electron chi connectivity index (χ0n) is 12.9. The first kappa shape index (κ1) is 15.3. The molecule has 0 atom stereocenters. The Bertz CT molecular complexity index is 1090. The third-order valence-corrected chi connectivity index (χ3v) is 3.94. The molecule has 0 unspecified atom stereocenters. The van der Waals surface area contributed by atoms with Crippen molar-refractivity contribution in [3.8, 4) is 11.1 Å². The predicted molar refractivity (Wildman–Crippen MR) is 98.1 cm³/mol. The summed E-state index contributed by atoms with van der Waals surface area (Å²) in [6.07, 6.45) is 5.01. The average Bonchev–Trinajstić information content (AvgIpc) is 2.64. The van der Waals surface area contributed by atoms with Crippen molar-refractivity contribution in [1.82, 2.24) is 19.9 Å². The van der Waals surface area contributed by atoms with Gasteiger partial charge in [0.2, 0.25) is 5.95 Å². The Morgan fingerprint density at radius 2 is 1.88 bits per heavy atom. The van der Waals surface area contributed by atoms with E-state index in [1.54, 1.807) is 48.9 Å². The van der Waals surface area contributed by atoms with E-state index in [2.05, 4.69) is 25.3 Å². The molecule has 0 aliphatic heterocycles. The van der Waals surface area contributed by atoms with E-state index >= 15 is 0 Å². The number of aromatic amines is 1. The number of nitrogens with zero attached hydrogens (tertiary/aromatic N) is 3. The number of hydrogen-bond acceptors (Lipinski definition) is 5. The molecule has 1 aromatic carbocycles. The third kappa shape index (κ3) is 3.07. The maximum atomic E-state index is 12.6. The van der Waals surface area contributed by atoms with Gasteiger partial charge in [-0.15, -0.1) is 0 Å². The van der Waals surface area contributed by atoms with E-state index in [1.165, 1.54) is 0 Å². The number of benzene rings is 1. The van der Waals surface area contributed by atoms with Gasteiger partial charge in [-0.25, -0.2) is 4.98 Å². The quantitative estimate of drug-likeness (QED) is 0.588. The number of halogens is 1. The molecule has 2 N–H and O–H groups in total. The van der Waals surface area contributed by atoms with Gasteiger partial charge in [0, 0.05) is 40.4 Å². The van der Waals surface area contributed by atoms with E-state index in [1.807, 2.05) is 12.1 Å². The van der Waals surface area contributed by atoms with E-state index < -0.39 is 0 Å². The van der Waals surface area contributed by atoms with E-state index in [-0.39, 0.29) is 5.56 Å². The lowest BCUT2D eigenvalue weighted by molar-refractivity contribution is 1.14. The van der Waals surface area contributed by atoms with Crippen molar-refractivity contribution in [3.05, 3.63) is 76.4 Å². The van der Waals surface area contributed by atoms with Crippen LogP contribution in [0.4, 0.5) is 11.6 Å². The monoisotopic (exact) mass is 349 g/mol. The lowest BCUT2D eigenvalue weighted by Gasteiger charge is -2.08. The SMILES string of the molecule is O=c1[nH]c(Nc2ccc(Cl)cc2)nc2nccc(-c3cccnc3)c12. The highest BCUT2D eigenvalue weighted by Gasteiger charge is 2.11. The molecule has 0 fully saturated rings. The second-order valence-electron chi connectivity index (χ2n) is 5.35. The van der Waals surface area contributed by atoms with Gasteiger partial charge in [-0.3, -0.25) is 14.8 Å². The van der Waals surface area contributed by atoms with Crippen LogP contribution in [0.2, 0.25) is 5.02 Å². The number of aromatic nitrogens is 4. The highest BCUT2D eigenvalue weighted by Crippen LogP contribution is 2.24. The maximum Gasteiger partial charge on any atom is 0.262 e. The van der Waals surface area contributed by atoms with Crippen molar-refractivity contribution >= 4 is 34.3 Å². The summed E-state index contributed by atoms with van der Waals surface area (Å²) < 4.78 is 0. The first-order valence-corrected chi connectivity index (χ1v) is 7.90. The van der Waals surface area contributed by atoms with E-state index in [0.29, 0.717) is 22.0 Å². The molecule has 0 spiro atoms. The number of H-pyrrole nitrogens is 1. The fourth-order valence-electron chi connectivity index (χ4n) is 2.56. The van der Waals surface area contributed by atoms with Crippen molar-refractivity contribution in [2.45, 2.75) is 0 Å². The number of pyridine rings is 2. The molecule has 7 heteroatoms. The minimum Gasteiger partial charge on any atom is -0.326 e. The van der Waals surface area contributed by atoms with Crippen LogP contribution in [0.25, 0.3) is 22.2 Å². The lowest BCUT2D eigenvalue weighted by Crippen LogP contribution is -2.13. The van der Waals surface area contributed by atoms with Crippen LogP contribution in [0, 0.1) is 0 Å². The molecule has 0 saturated heterocycles. The molecule has 0 aliphatic rings. The number of hydrogen-bond donors (Lipinski definition) is 2. The van der Waals surface area contributed by atoms with Gasteiger partial charge in [0.25, 0.3) is 5.56 Å². The van der Waals surface area contributed by atoms with Crippen molar-refractivity contribution in [1.29, 1.82) is 0 Å². The van der Waals surface area contributed by atoms with Gasteiger partial charge in [-0.1, -0.05) is 17.7 Å². The second kappa shape index (κ2) is 6.33. The molecule has 4 rings (SSSR count). The number of nitrogens with one attached hydrogen (secondary N) is 2. The molecular weight excluding hydrogens is 338 g/mol. The summed E-state index contributed by atoms with van der Waals surface area (Å²) in [6.45, 7) is 0. The van der Waals surface area contributed by atoms with Gasteiger partial charge in [0.05, 0.1) is 5.39 Å². The lowest BCUT2D eigenvalue weighted by atomic mass is 10.1. The molecule has 4 aromatic rings. The second-order valence-corrected chi connectivity index (χ2v) is 5.78. The van der Waals surface area contributed by atoms with Crippen LogP contribution < -0.4 is 10.9 Å².